The Bertz CT molecular complexity index is 249. The van der Waals surface area contributed by atoms with Gasteiger partial charge in [-0.05, 0) is 0 Å². The molecule has 4 N–H and O–H groups in total. The van der Waals surface area contributed by atoms with E-state index in [9.17, 15) is 0 Å². The fraction of sp³-hybridized carbons (Fsp3) is 0.286. The van der Waals surface area contributed by atoms with Gasteiger partial charge in [0.05, 0.1) is 18.8 Å². The van der Waals surface area contributed by atoms with Crippen LogP contribution in [0.5, 0.6) is 5.75 Å². The molecule has 0 bridgehead atoms. The van der Waals surface area contributed by atoms with E-state index in [1.54, 1.807) is 0 Å². The summed E-state index contributed by atoms with van der Waals surface area (Å²) in [6.45, 7) is -0.461. The van der Waals surface area contributed by atoms with Crippen molar-refractivity contribution in [2.45, 2.75) is 13.2 Å². The first-order chi connectivity index (χ1) is 5.29. The van der Waals surface area contributed by atoms with Crippen molar-refractivity contribution in [2.75, 3.05) is 0 Å². The van der Waals surface area contributed by atoms with E-state index in [4.69, 9.17) is 15.3 Å². The number of aromatic amines is 1. The Labute approximate surface area is 63.8 Å². The van der Waals surface area contributed by atoms with E-state index in [2.05, 4.69) is 4.98 Å². The highest BCUT2D eigenvalue weighted by Gasteiger charge is 2.08. The van der Waals surface area contributed by atoms with Gasteiger partial charge in [0.15, 0.2) is 11.9 Å². The fourth-order valence-corrected chi connectivity index (χ4v) is 0.884. The van der Waals surface area contributed by atoms with Crippen molar-refractivity contribution in [3.05, 3.63) is 23.5 Å². The Balaban J connectivity index is 3.13. The molecule has 0 unspecified atom stereocenters. The lowest BCUT2D eigenvalue weighted by molar-refractivity contribution is -0.380. The zero-order valence-corrected chi connectivity index (χ0v) is 5.91. The van der Waals surface area contributed by atoms with Crippen LogP contribution in [-0.2, 0) is 13.2 Å². The van der Waals surface area contributed by atoms with Crippen LogP contribution < -0.4 is 4.98 Å². The van der Waals surface area contributed by atoms with E-state index in [0.29, 0.717) is 11.1 Å². The first kappa shape index (κ1) is 7.97. The highest BCUT2D eigenvalue weighted by atomic mass is 16.3. The van der Waals surface area contributed by atoms with Gasteiger partial charge in [0.2, 0.25) is 6.20 Å². The Morgan fingerprint density at radius 1 is 1.18 bits per heavy atom. The maximum Gasteiger partial charge on any atom is 0.209 e. The largest absolute Gasteiger partial charge is 0.502 e. The van der Waals surface area contributed by atoms with Crippen molar-refractivity contribution in [3.63, 3.8) is 0 Å². The molecular weight excluding hydrogens is 146 g/mol. The molecule has 0 aliphatic heterocycles. The lowest BCUT2D eigenvalue weighted by Crippen LogP contribution is -2.06. The number of hydrogen-bond acceptors (Lipinski definition) is 3. The van der Waals surface area contributed by atoms with Gasteiger partial charge in [-0.25, -0.2) is 4.98 Å². The molecule has 4 heteroatoms. The standard InChI is InChI=1S/C7H9NO3/c9-3-5-1-8-2-7(11)6(5)4-10/h1-2,9-11H,3-4H2/p+1. The number of aromatic nitrogens is 1. The lowest BCUT2D eigenvalue weighted by atomic mass is 10.1. The lowest BCUT2D eigenvalue weighted by Gasteiger charge is -2.00. The van der Waals surface area contributed by atoms with Gasteiger partial charge in [-0.1, -0.05) is 0 Å². The molecule has 0 saturated heterocycles. The predicted molar refractivity (Wildman–Crippen MR) is 36.5 cm³/mol. The van der Waals surface area contributed by atoms with E-state index in [1.807, 2.05) is 0 Å². The molecule has 0 saturated carbocycles. The van der Waals surface area contributed by atoms with Gasteiger partial charge in [-0.15, -0.1) is 0 Å². The minimum absolute atomic E-state index is 0.0287. The molecule has 0 aliphatic rings. The minimum atomic E-state index is -0.267. The second-order valence-electron chi connectivity index (χ2n) is 2.16. The van der Waals surface area contributed by atoms with Crippen molar-refractivity contribution < 1.29 is 20.3 Å². The summed E-state index contributed by atoms with van der Waals surface area (Å²) in [4.78, 5) is 2.63. The van der Waals surface area contributed by atoms with Gasteiger partial charge in [-0.3, -0.25) is 0 Å². The predicted octanol–water partition coefficient (Wildman–Crippen LogP) is -0.809. The Kier molecular flexibility index (Phi) is 2.40. The summed E-state index contributed by atoms with van der Waals surface area (Å²) in [5, 5.41) is 26.6. The third-order valence-corrected chi connectivity index (χ3v) is 1.50. The molecule has 0 atom stereocenters. The molecule has 1 aromatic heterocycles. The van der Waals surface area contributed by atoms with Crippen LogP contribution in [0.4, 0.5) is 0 Å². The maximum atomic E-state index is 9.12. The van der Waals surface area contributed by atoms with Crippen molar-refractivity contribution in [1.29, 1.82) is 0 Å². The molecule has 0 aromatic carbocycles. The van der Waals surface area contributed by atoms with Crippen LogP contribution >= 0.6 is 0 Å². The van der Waals surface area contributed by atoms with E-state index >= 15 is 0 Å². The monoisotopic (exact) mass is 156 g/mol. The van der Waals surface area contributed by atoms with Crippen molar-refractivity contribution in [3.8, 4) is 5.75 Å². The van der Waals surface area contributed by atoms with Crippen LogP contribution in [-0.4, -0.2) is 15.3 Å². The molecule has 1 heterocycles. The summed E-state index contributed by atoms with van der Waals surface area (Å²) in [7, 11) is 0. The zero-order valence-electron chi connectivity index (χ0n) is 5.91. The second-order valence-corrected chi connectivity index (χ2v) is 2.16. The summed E-state index contributed by atoms with van der Waals surface area (Å²) < 4.78 is 0. The second kappa shape index (κ2) is 3.32. The van der Waals surface area contributed by atoms with Crippen LogP contribution in [0.2, 0.25) is 0 Å². The molecule has 60 valence electrons. The quantitative estimate of drug-likeness (QED) is 0.524. The fourth-order valence-electron chi connectivity index (χ4n) is 0.884. The summed E-state index contributed by atoms with van der Waals surface area (Å²) in [5.41, 5.74) is 0.874. The number of pyridine rings is 1. The maximum absolute atomic E-state index is 9.12. The molecule has 4 nitrogen and oxygen atoms in total. The van der Waals surface area contributed by atoms with Crippen molar-refractivity contribution in [1.82, 2.24) is 0 Å². The molecule has 0 aliphatic carbocycles. The molecule has 0 spiro atoms. The number of aliphatic hydroxyl groups is 2. The van der Waals surface area contributed by atoms with Gasteiger partial charge in [0.1, 0.15) is 0 Å². The highest BCUT2D eigenvalue weighted by Crippen LogP contribution is 2.17. The number of nitrogens with one attached hydrogen (secondary N) is 1. The molecule has 1 rings (SSSR count). The molecule has 1 aromatic rings. The Morgan fingerprint density at radius 3 is 2.36 bits per heavy atom. The Hall–Kier alpha value is -1.13. The average molecular weight is 156 g/mol. The smallest absolute Gasteiger partial charge is 0.209 e. The van der Waals surface area contributed by atoms with E-state index in [-0.39, 0.29) is 19.0 Å². The summed E-state index contributed by atoms with van der Waals surface area (Å²) in [5.74, 6) is -0.0287. The molecule has 0 fully saturated rings. The van der Waals surface area contributed by atoms with E-state index in [0.717, 1.165) is 0 Å². The van der Waals surface area contributed by atoms with Crippen molar-refractivity contribution >= 4 is 0 Å². The minimum Gasteiger partial charge on any atom is -0.502 e. The van der Waals surface area contributed by atoms with E-state index < -0.39 is 0 Å². The first-order valence-electron chi connectivity index (χ1n) is 3.22. The van der Waals surface area contributed by atoms with Gasteiger partial charge in [0.25, 0.3) is 0 Å². The van der Waals surface area contributed by atoms with Gasteiger partial charge < -0.3 is 15.3 Å². The number of H-pyrrole nitrogens is 1. The van der Waals surface area contributed by atoms with Gasteiger partial charge in [-0.2, -0.15) is 0 Å². The van der Waals surface area contributed by atoms with Crippen LogP contribution in [0, 0.1) is 0 Å². The SMILES string of the molecule is OCc1c[nH+]cc(O)c1CO. The van der Waals surface area contributed by atoms with Crippen LogP contribution in [0.15, 0.2) is 12.4 Å². The highest BCUT2D eigenvalue weighted by molar-refractivity contribution is 5.32. The molecule has 0 radical (unpaired) electrons. The summed E-state index contributed by atoms with van der Waals surface area (Å²) in [6.07, 6.45) is 2.88. The summed E-state index contributed by atoms with van der Waals surface area (Å²) in [6, 6.07) is 0. The van der Waals surface area contributed by atoms with Gasteiger partial charge >= 0.3 is 0 Å². The number of aromatic hydroxyl groups is 1. The zero-order chi connectivity index (χ0) is 8.27. The topological polar surface area (TPSA) is 74.8 Å². The van der Waals surface area contributed by atoms with E-state index in [1.165, 1.54) is 12.4 Å². The summed E-state index contributed by atoms with van der Waals surface area (Å²) >= 11 is 0. The molecule has 0 amide bonds. The number of rotatable bonds is 2. The average Bonchev–Trinajstić information content (AvgIpc) is 2.04. The van der Waals surface area contributed by atoms with Crippen molar-refractivity contribution in [2.24, 2.45) is 0 Å². The molecular formula is C7H10NO3+. The first-order valence-corrected chi connectivity index (χ1v) is 3.22. The van der Waals surface area contributed by atoms with Crippen LogP contribution in [0.25, 0.3) is 0 Å². The third kappa shape index (κ3) is 1.47. The number of aliphatic hydroxyl groups excluding tert-OH is 2. The van der Waals surface area contributed by atoms with Gasteiger partial charge in [0, 0.05) is 5.56 Å². The normalized spacial score (nSPS) is 10.0. The van der Waals surface area contributed by atoms with Crippen LogP contribution in [0.3, 0.4) is 0 Å². The van der Waals surface area contributed by atoms with Crippen LogP contribution in [0.1, 0.15) is 11.1 Å². The number of hydrogen-bond donors (Lipinski definition) is 3. The Morgan fingerprint density at radius 2 is 1.91 bits per heavy atom. The third-order valence-electron chi connectivity index (χ3n) is 1.50. The molecule has 11 heavy (non-hydrogen) atoms.